The lowest BCUT2D eigenvalue weighted by atomic mass is 10.2. The number of benzene rings is 1. The molecule has 2 aromatic rings. The van der Waals surface area contributed by atoms with E-state index in [1.165, 1.54) is 10.5 Å². The first-order valence-electron chi connectivity index (χ1n) is 5.78. The van der Waals surface area contributed by atoms with E-state index in [-0.39, 0.29) is 0 Å². The zero-order valence-corrected chi connectivity index (χ0v) is 12.8. The fourth-order valence-electron chi connectivity index (χ4n) is 1.50. The van der Waals surface area contributed by atoms with Crippen molar-refractivity contribution >= 4 is 34.7 Å². The molecule has 1 heterocycles. The molecule has 2 rings (SSSR count). The van der Waals surface area contributed by atoms with Gasteiger partial charge in [0.15, 0.2) is 4.34 Å². The molecular formula is C13H15ClN2S2. The maximum atomic E-state index is 6.07. The summed E-state index contributed by atoms with van der Waals surface area (Å²) in [5.74, 6) is 0. The molecule has 0 radical (unpaired) electrons. The van der Waals surface area contributed by atoms with Crippen LogP contribution in [-0.2, 0) is 6.54 Å². The molecule has 18 heavy (non-hydrogen) atoms. The average Bonchev–Trinajstić information content (AvgIpc) is 2.74. The zero-order valence-electron chi connectivity index (χ0n) is 10.4. The molecule has 0 aliphatic heterocycles. The predicted molar refractivity (Wildman–Crippen MR) is 79.8 cm³/mol. The standard InChI is InChI=1S/C13H15ClN2S2/c1-3-15-7-10-4-5-11(14)6-12(10)18-13-16-9(2)8-17-13/h4-6,8,15H,3,7H2,1-2H3. The third kappa shape index (κ3) is 3.72. The molecule has 1 aromatic heterocycles. The van der Waals surface area contributed by atoms with Crippen molar-refractivity contribution in [3.05, 3.63) is 39.9 Å². The number of aromatic nitrogens is 1. The Hall–Kier alpha value is -0.550. The highest BCUT2D eigenvalue weighted by Crippen LogP contribution is 2.34. The highest BCUT2D eigenvalue weighted by Gasteiger charge is 2.07. The largest absolute Gasteiger partial charge is 0.313 e. The number of halogens is 1. The molecule has 0 spiro atoms. The van der Waals surface area contributed by atoms with Crippen LogP contribution in [0.2, 0.25) is 5.02 Å². The maximum Gasteiger partial charge on any atom is 0.154 e. The Balaban J connectivity index is 2.21. The van der Waals surface area contributed by atoms with Crippen LogP contribution in [0.4, 0.5) is 0 Å². The van der Waals surface area contributed by atoms with Crippen LogP contribution in [0.1, 0.15) is 18.2 Å². The molecule has 1 aromatic carbocycles. The van der Waals surface area contributed by atoms with Crippen molar-refractivity contribution in [2.24, 2.45) is 0 Å². The Morgan fingerprint density at radius 3 is 2.94 bits per heavy atom. The van der Waals surface area contributed by atoms with Crippen LogP contribution in [0.25, 0.3) is 0 Å². The average molecular weight is 299 g/mol. The third-order valence-electron chi connectivity index (χ3n) is 2.39. The lowest BCUT2D eigenvalue weighted by Gasteiger charge is -2.08. The van der Waals surface area contributed by atoms with E-state index < -0.39 is 0 Å². The topological polar surface area (TPSA) is 24.9 Å². The normalized spacial score (nSPS) is 10.8. The molecular weight excluding hydrogens is 284 g/mol. The van der Waals surface area contributed by atoms with Crippen molar-refractivity contribution in [3.8, 4) is 0 Å². The van der Waals surface area contributed by atoms with Gasteiger partial charge in [-0.05, 0) is 31.2 Å². The highest BCUT2D eigenvalue weighted by molar-refractivity contribution is 8.01. The first kappa shape index (κ1) is 13.9. The molecule has 2 nitrogen and oxygen atoms in total. The number of thiazole rings is 1. The molecule has 0 fully saturated rings. The molecule has 0 bridgehead atoms. The van der Waals surface area contributed by atoms with Gasteiger partial charge in [0.2, 0.25) is 0 Å². The summed E-state index contributed by atoms with van der Waals surface area (Å²) >= 11 is 9.43. The second-order valence-electron chi connectivity index (χ2n) is 3.89. The monoisotopic (exact) mass is 298 g/mol. The lowest BCUT2D eigenvalue weighted by molar-refractivity contribution is 0.718. The van der Waals surface area contributed by atoms with E-state index in [1.807, 2.05) is 19.1 Å². The first-order chi connectivity index (χ1) is 8.69. The lowest BCUT2D eigenvalue weighted by Crippen LogP contribution is -2.12. The Bertz CT molecular complexity index is 525. The SMILES string of the molecule is CCNCc1ccc(Cl)cc1Sc1nc(C)cs1. The number of hydrogen-bond donors (Lipinski definition) is 1. The van der Waals surface area contributed by atoms with Crippen LogP contribution in [0.3, 0.4) is 0 Å². The maximum absolute atomic E-state index is 6.07. The van der Waals surface area contributed by atoms with E-state index in [1.54, 1.807) is 23.1 Å². The number of nitrogens with zero attached hydrogens (tertiary/aromatic N) is 1. The molecule has 0 saturated heterocycles. The number of aryl methyl sites for hydroxylation is 1. The summed E-state index contributed by atoms with van der Waals surface area (Å²) in [5.41, 5.74) is 2.33. The molecule has 5 heteroatoms. The number of nitrogens with one attached hydrogen (secondary N) is 1. The van der Waals surface area contributed by atoms with E-state index in [4.69, 9.17) is 11.6 Å². The Morgan fingerprint density at radius 2 is 2.28 bits per heavy atom. The van der Waals surface area contributed by atoms with Gasteiger partial charge in [-0.2, -0.15) is 0 Å². The second kappa shape index (κ2) is 6.57. The van der Waals surface area contributed by atoms with Crippen molar-refractivity contribution in [2.45, 2.75) is 29.6 Å². The summed E-state index contributed by atoms with van der Waals surface area (Å²) in [5, 5.41) is 6.18. The van der Waals surface area contributed by atoms with Crippen molar-refractivity contribution in [2.75, 3.05) is 6.54 Å². The summed E-state index contributed by atoms with van der Waals surface area (Å²) in [6.07, 6.45) is 0. The van der Waals surface area contributed by atoms with Crippen molar-refractivity contribution in [3.63, 3.8) is 0 Å². The van der Waals surface area contributed by atoms with Crippen LogP contribution in [0, 0.1) is 6.92 Å². The molecule has 1 N–H and O–H groups in total. The van der Waals surface area contributed by atoms with Gasteiger partial charge in [-0.15, -0.1) is 11.3 Å². The highest BCUT2D eigenvalue weighted by atomic mass is 35.5. The van der Waals surface area contributed by atoms with Gasteiger partial charge in [0, 0.05) is 27.5 Å². The van der Waals surface area contributed by atoms with E-state index in [0.717, 1.165) is 28.1 Å². The van der Waals surface area contributed by atoms with E-state index >= 15 is 0 Å². The predicted octanol–water partition coefficient (Wildman–Crippen LogP) is 4.37. The van der Waals surface area contributed by atoms with Gasteiger partial charge in [-0.3, -0.25) is 0 Å². The minimum absolute atomic E-state index is 0.769. The van der Waals surface area contributed by atoms with Gasteiger partial charge in [0.05, 0.1) is 0 Å². The van der Waals surface area contributed by atoms with Gasteiger partial charge >= 0.3 is 0 Å². The minimum Gasteiger partial charge on any atom is -0.313 e. The van der Waals surface area contributed by atoms with Gasteiger partial charge in [-0.25, -0.2) is 4.98 Å². The van der Waals surface area contributed by atoms with Crippen molar-refractivity contribution in [1.29, 1.82) is 0 Å². The fourth-order valence-corrected chi connectivity index (χ4v) is 3.70. The molecule has 0 atom stereocenters. The molecule has 0 aliphatic carbocycles. The summed E-state index contributed by atoms with van der Waals surface area (Å²) in [4.78, 5) is 5.65. The number of rotatable bonds is 5. The van der Waals surface area contributed by atoms with Crippen LogP contribution in [0.5, 0.6) is 0 Å². The van der Waals surface area contributed by atoms with Crippen LogP contribution < -0.4 is 5.32 Å². The fraction of sp³-hybridized carbons (Fsp3) is 0.308. The van der Waals surface area contributed by atoms with Gasteiger partial charge < -0.3 is 5.32 Å². The van der Waals surface area contributed by atoms with Crippen LogP contribution in [0.15, 0.2) is 32.8 Å². The Morgan fingerprint density at radius 1 is 1.44 bits per heavy atom. The summed E-state index contributed by atoms with van der Waals surface area (Å²) < 4.78 is 1.06. The minimum atomic E-state index is 0.769. The molecule has 0 unspecified atom stereocenters. The van der Waals surface area contributed by atoms with Crippen LogP contribution >= 0.6 is 34.7 Å². The van der Waals surface area contributed by atoms with E-state index in [2.05, 4.69) is 28.7 Å². The molecule has 0 amide bonds. The van der Waals surface area contributed by atoms with Crippen molar-refractivity contribution < 1.29 is 0 Å². The first-order valence-corrected chi connectivity index (χ1v) is 7.85. The molecule has 0 saturated carbocycles. The summed E-state index contributed by atoms with van der Waals surface area (Å²) in [6, 6.07) is 6.02. The van der Waals surface area contributed by atoms with Crippen LogP contribution in [-0.4, -0.2) is 11.5 Å². The smallest absolute Gasteiger partial charge is 0.154 e. The van der Waals surface area contributed by atoms with E-state index in [9.17, 15) is 0 Å². The van der Waals surface area contributed by atoms with Gasteiger partial charge in [0.25, 0.3) is 0 Å². The molecule has 0 aliphatic rings. The quantitative estimate of drug-likeness (QED) is 0.887. The third-order valence-corrected chi connectivity index (χ3v) is 4.78. The summed E-state index contributed by atoms with van der Waals surface area (Å²) in [7, 11) is 0. The Labute approximate surface area is 121 Å². The van der Waals surface area contributed by atoms with Gasteiger partial charge in [0.1, 0.15) is 0 Å². The molecule has 96 valence electrons. The number of hydrogen-bond acceptors (Lipinski definition) is 4. The second-order valence-corrected chi connectivity index (χ2v) is 6.47. The van der Waals surface area contributed by atoms with E-state index in [0.29, 0.717) is 0 Å². The Kier molecular flexibility index (Phi) is 5.06. The van der Waals surface area contributed by atoms with Crippen molar-refractivity contribution in [1.82, 2.24) is 10.3 Å². The zero-order chi connectivity index (χ0) is 13.0. The summed E-state index contributed by atoms with van der Waals surface area (Å²) in [6.45, 7) is 5.94. The van der Waals surface area contributed by atoms with Gasteiger partial charge in [-0.1, -0.05) is 36.4 Å².